The number of hydrogen-bond donors (Lipinski definition) is 1. The van der Waals surface area contributed by atoms with Gasteiger partial charge < -0.3 is 15.0 Å². The lowest BCUT2D eigenvalue weighted by Gasteiger charge is -2.18. The second-order valence-corrected chi connectivity index (χ2v) is 5.26. The standard InChI is InChI=1S/C14H16F3N3O3/c1-20(7-11(21)19-9-4-5-9)13(22)10-3-2-6-18-12(10)23-8-14(15,16)17/h2-3,6,9H,4-5,7-8H2,1H3,(H,19,21). The van der Waals surface area contributed by atoms with Gasteiger partial charge in [-0.25, -0.2) is 4.98 Å². The van der Waals surface area contributed by atoms with Gasteiger partial charge in [-0.1, -0.05) is 0 Å². The summed E-state index contributed by atoms with van der Waals surface area (Å²) in [6, 6.07) is 2.87. The number of carbonyl (C=O) groups excluding carboxylic acids is 2. The molecule has 126 valence electrons. The Hall–Kier alpha value is -2.32. The third-order valence-electron chi connectivity index (χ3n) is 3.04. The minimum atomic E-state index is -4.53. The largest absolute Gasteiger partial charge is 0.467 e. The van der Waals surface area contributed by atoms with Crippen molar-refractivity contribution in [2.45, 2.75) is 25.1 Å². The molecule has 0 aliphatic heterocycles. The Kier molecular flexibility index (Phi) is 5.07. The van der Waals surface area contributed by atoms with E-state index in [2.05, 4.69) is 15.0 Å². The van der Waals surface area contributed by atoms with Gasteiger partial charge in [0.15, 0.2) is 6.61 Å². The van der Waals surface area contributed by atoms with Crippen LogP contribution in [0.4, 0.5) is 13.2 Å². The third-order valence-corrected chi connectivity index (χ3v) is 3.04. The Morgan fingerprint density at radius 2 is 2.13 bits per heavy atom. The highest BCUT2D eigenvalue weighted by atomic mass is 19.4. The van der Waals surface area contributed by atoms with E-state index in [9.17, 15) is 22.8 Å². The molecule has 1 heterocycles. The minimum Gasteiger partial charge on any atom is -0.467 e. The summed E-state index contributed by atoms with van der Waals surface area (Å²) in [6.07, 6.45) is -1.47. The van der Waals surface area contributed by atoms with Crippen LogP contribution in [0, 0.1) is 0 Å². The van der Waals surface area contributed by atoms with Crippen molar-refractivity contribution in [2.75, 3.05) is 20.2 Å². The van der Waals surface area contributed by atoms with Crippen molar-refractivity contribution in [1.82, 2.24) is 15.2 Å². The van der Waals surface area contributed by atoms with E-state index in [4.69, 9.17) is 0 Å². The van der Waals surface area contributed by atoms with Crippen molar-refractivity contribution < 1.29 is 27.5 Å². The molecule has 1 N–H and O–H groups in total. The molecule has 0 radical (unpaired) electrons. The van der Waals surface area contributed by atoms with Crippen molar-refractivity contribution in [2.24, 2.45) is 0 Å². The van der Waals surface area contributed by atoms with Gasteiger partial charge in [-0.05, 0) is 25.0 Å². The quantitative estimate of drug-likeness (QED) is 0.855. The lowest BCUT2D eigenvalue weighted by molar-refractivity contribution is -0.154. The topological polar surface area (TPSA) is 71.5 Å². The molecule has 0 aromatic carbocycles. The maximum Gasteiger partial charge on any atom is 0.422 e. The van der Waals surface area contributed by atoms with Gasteiger partial charge in [-0.15, -0.1) is 0 Å². The highest BCUT2D eigenvalue weighted by molar-refractivity contribution is 5.98. The lowest BCUT2D eigenvalue weighted by Crippen LogP contribution is -2.39. The summed E-state index contributed by atoms with van der Waals surface area (Å²) in [5.74, 6) is -1.37. The van der Waals surface area contributed by atoms with E-state index in [-0.39, 0.29) is 24.1 Å². The average Bonchev–Trinajstić information content (AvgIpc) is 3.27. The molecule has 1 saturated carbocycles. The van der Waals surface area contributed by atoms with Gasteiger partial charge >= 0.3 is 6.18 Å². The van der Waals surface area contributed by atoms with Gasteiger partial charge in [0.05, 0.1) is 6.54 Å². The molecule has 23 heavy (non-hydrogen) atoms. The van der Waals surface area contributed by atoms with Crippen molar-refractivity contribution in [1.29, 1.82) is 0 Å². The van der Waals surface area contributed by atoms with Gasteiger partial charge in [-0.3, -0.25) is 9.59 Å². The van der Waals surface area contributed by atoms with Crippen molar-refractivity contribution >= 4 is 11.8 Å². The van der Waals surface area contributed by atoms with Crippen LogP contribution in [0.25, 0.3) is 0 Å². The number of amides is 2. The number of alkyl halides is 3. The summed E-state index contributed by atoms with van der Waals surface area (Å²) in [7, 11) is 1.38. The molecule has 0 saturated heterocycles. The van der Waals surface area contributed by atoms with Crippen LogP contribution in [-0.4, -0.2) is 54.1 Å². The number of likely N-dealkylation sites (N-methyl/N-ethyl adjacent to an activating group) is 1. The molecule has 1 fully saturated rings. The first-order valence-electron chi connectivity index (χ1n) is 6.95. The number of rotatable bonds is 6. The first kappa shape index (κ1) is 17.0. The minimum absolute atomic E-state index is 0.126. The first-order valence-corrected chi connectivity index (χ1v) is 6.95. The molecule has 9 heteroatoms. The summed E-state index contributed by atoms with van der Waals surface area (Å²) in [5, 5.41) is 2.72. The van der Waals surface area contributed by atoms with Gasteiger partial charge in [0, 0.05) is 19.3 Å². The van der Waals surface area contributed by atoms with Gasteiger partial charge in [-0.2, -0.15) is 13.2 Å². The number of carbonyl (C=O) groups is 2. The Bertz CT molecular complexity index is 588. The zero-order valence-electron chi connectivity index (χ0n) is 12.4. The van der Waals surface area contributed by atoms with E-state index in [0.29, 0.717) is 0 Å². The van der Waals surface area contributed by atoms with E-state index >= 15 is 0 Å². The van der Waals surface area contributed by atoms with Crippen LogP contribution in [-0.2, 0) is 4.79 Å². The number of aromatic nitrogens is 1. The van der Waals surface area contributed by atoms with Crippen molar-refractivity contribution in [3.8, 4) is 5.88 Å². The van der Waals surface area contributed by atoms with Crippen molar-refractivity contribution in [3.63, 3.8) is 0 Å². The number of halogens is 3. The van der Waals surface area contributed by atoms with E-state index in [0.717, 1.165) is 17.7 Å². The Labute approximate surface area is 130 Å². The molecule has 1 aromatic heterocycles. The van der Waals surface area contributed by atoms with Gasteiger partial charge in [0.1, 0.15) is 5.56 Å². The fourth-order valence-electron chi connectivity index (χ4n) is 1.81. The highest BCUT2D eigenvalue weighted by Crippen LogP contribution is 2.21. The second kappa shape index (κ2) is 6.84. The first-order chi connectivity index (χ1) is 10.8. The highest BCUT2D eigenvalue weighted by Gasteiger charge is 2.30. The number of nitrogens with one attached hydrogen (secondary N) is 1. The average molecular weight is 331 g/mol. The predicted molar refractivity (Wildman–Crippen MR) is 73.9 cm³/mol. The van der Waals surface area contributed by atoms with Crippen LogP contribution in [0.2, 0.25) is 0 Å². The van der Waals surface area contributed by atoms with Crippen LogP contribution < -0.4 is 10.1 Å². The Balaban J connectivity index is 2.01. The van der Waals surface area contributed by atoms with Crippen LogP contribution in [0.3, 0.4) is 0 Å². The molecule has 0 spiro atoms. The fourth-order valence-corrected chi connectivity index (χ4v) is 1.81. The summed E-state index contributed by atoms with van der Waals surface area (Å²) in [6.45, 7) is -1.74. The summed E-state index contributed by atoms with van der Waals surface area (Å²) in [5.41, 5.74) is -0.126. The van der Waals surface area contributed by atoms with E-state index < -0.39 is 24.6 Å². The maximum absolute atomic E-state index is 12.3. The SMILES string of the molecule is CN(CC(=O)NC1CC1)C(=O)c1cccnc1OCC(F)(F)F. The Morgan fingerprint density at radius 1 is 1.43 bits per heavy atom. The van der Waals surface area contributed by atoms with E-state index in [1.807, 2.05) is 0 Å². The summed E-state index contributed by atoms with van der Waals surface area (Å²) >= 11 is 0. The molecule has 6 nitrogen and oxygen atoms in total. The molecule has 1 aliphatic carbocycles. The summed E-state index contributed by atoms with van der Waals surface area (Å²) < 4.78 is 41.3. The predicted octanol–water partition coefficient (Wildman–Crippen LogP) is 1.37. The number of hydrogen-bond acceptors (Lipinski definition) is 4. The molecule has 2 rings (SSSR count). The second-order valence-electron chi connectivity index (χ2n) is 5.26. The molecular weight excluding hydrogens is 315 g/mol. The van der Waals surface area contributed by atoms with Crippen LogP contribution in [0.1, 0.15) is 23.2 Å². The van der Waals surface area contributed by atoms with Crippen LogP contribution >= 0.6 is 0 Å². The molecular formula is C14H16F3N3O3. The number of nitrogens with zero attached hydrogens (tertiary/aromatic N) is 2. The third kappa shape index (κ3) is 5.42. The lowest BCUT2D eigenvalue weighted by atomic mass is 10.2. The molecule has 2 amide bonds. The molecule has 0 unspecified atom stereocenters. The fraction of sp³-hybridized carbons (Fsp3) is 0.500. The Morgan fingerprint density at radius 3 is 2.74 bits per heavy atom. The monoisotopic (exact) mass is 331 g/mol. The maximum atomic E-state index is 12.3. The summed E-state index contributed by atoms with van der Waals surface area (Å²) in [4.78, 5) is 28.7. The molecule has 1 aliphatic rings. The van der Waals surface area contributed by atoms with Crippen LogP contribution in [0.15, 0.2) is 18.3 Å². The van der Waals surface area contributed by atoms with E-state index in [1.165, 1.54) is 25.4 Å². The molecule has 0 atom stereocenters. The zero-order chi connectivity index (χ0) is 17.0. The molecule has 1 aromatic rings. The van der Waals surface area contributed by atoms with Gasteiger partial charge in [0.25, 0.3) is 5.91 Å². The normalized spacial score (nSPS) is 14.3. The van der Waals surface area contributed by atoms with Gasteiger partial charge in [0.2, 0.25) is 11.8 Å². The molecule has 0 bridgehead atoms. The van der Waals surface area contributed by atoms with E-state index in [1.54, 1.807) is 0 Å². The smallest absolute Gasteiger partial charge is 0.422 e. The van der Waals surface area contributed by atoms with Crippen molar-refractivity contribution in [3.05, 3.63) is 23.9 Å². The number of ether oxygens (including phenoxy) is 1. The zero-order valence-corrected chi connectivity index (χ0v) is 12.4. The number of pyridine rings is 1. The van der Waals surface area contributed by atoms with Crippen LogP contribution in [0.5, 0.6) is 5.88 Å².